The standard InChI is InChI=1S/C14H21ClO2S/c1-11(6-8-15)7-9-18(16,17)14-10-12(2)4-5-13(14)3/h4-5,10-11H,6-9H2,1-3H3. The largest absolute Gasteiger partial charge is 0.224 e. The molecule has 0 bridgehead atoms. The van der Waals surface area contributed by atoms with Crippen LogP contribution in [0, 0.1) is 19.8 Å². The van der Waals surface area contributed by atoms with E-state index in [1.165, 1.54) is 0 Å². The van der Waals surface area contributed by atoms with Crippen molar-refractivity contribution in [1.29, 1.82) is 0 Å². The number of hydrogen-bond acceptors (Lipinski definition) is 2. The van der Waals surface area contributed by atoms with E-state index in [0.717, 1.165) is 17.5 Å². The Morgan fingerprint density at radius 1 is 1.22 bits per heavy atom. The number of benzene rings is 1. The molecule has 0 saturated carbocycles. The zero-order valence-electron chi connectivity index (χ0n) is 11.2. The lowest BCUT2D eigenvalue weighted by Gasteiger charge is -2.12. The summed E-state index contributed by atoms with van der Waals surface area (Å²) in [5, 5.41) is 0. The second-order valence-corrected chi connectivity index (χ2v) is 7.41. The summed E-state index contributed by atoms with van der Waals surface area (Å²) in [7, 11) is -3.17. The average molecular weight is 289 g/mol. The zero-order valence-corrected chi connectivity index (χ0v) is 12.8. The van der Waals surface area contributed by atoms with Gasteiger partial charge in [-0.3, -0.25) is 0 Å². The fourth-order valence-electron chi connectivity index (χ4n) is 1.84. The molecule has 1 rings (SSSR count). The first-order valence-corrected chi connectivity index (χ1v) is 8.41. The van der Waals surface area contributed by atoms with E-state index in [2.05, 4.69) is 0 Å². The molecule has 102 valence electrons. The molecule has 4 heteroatoms. The lowest BCUT2D eigenvalue weighted by Crippen LogP contribution is -2.12. The molecule has 0 aromatic heterocycles. The molecule has 0 spiro atoms. The lowest BCUT2D eigenvalue weighted by molar-refractivity contribution is 0.534. The van der Waals surface area contributed by atoms with Crippen molar-refractivity contribution in [2.75, 3.05) is 11.6 Å². The highest BCUT2D eigenvalue weighted by Crippen LogP contribution is 2.20. The summed E-state index contributed by atoms with van der Waals surface area (Å²) in [6.07, 6.45) is 1.53. The summed E-state index contributed by atoms with van der Waals surface area (Å²) < 4.78 is 24.6. The van der Waals surface area contributed by atoms with Crippen LogP contribution in [0.15, 0.2) is 23.1 Å². The highest BCUT2D eigenvalue weighted by molar-refractivity contribution is 7.91. The van der Waals surface area contributed by atoms with Crippen molar-refractivity contribution >= 4 is 21.4 Å². The van der Waals surface area contributed by atoms with Gasteiger partial charge in [0.1, 0.15) is 0 Å². The van der Waals surface area contributed by atoms with Gasteiger partial charge >= 0.3 is 0 Å². The second kappa shape index (κ2) is 6.58. The third-order valence-electron chi connectivity index (χ3n) is 3.16. The maximum atomic E-state index is 12.3. The summed E-state index contributed by atoms with van der Waals surface area (Å²) in [6, 6.07) is 5.56. The van der Waals surface area contributed by atoms with Crippen LogP contribution in [0.5, 0.6) is 0 Å². The number of hydrogen-bond donors (Lipinski definition) is 0. The van der Waals surface area contributed by atoms with E-state index in [9.17, 15) is 8.42 Å². The van der Waals surface area contributed by atoms with E-state index in [0.29, 0.717) is 23.1 Å². The van der Waals surface area contributed by atoms with Crippen LogP contribution in [-0.4, -0.2) is 20.1 Å². The van der Waals surface area contributed by atoms with Gasteiger partial charge in [-0.1, -0.05) is 19.1 Å². The molecule has 1 atom stereocenters. The smallest absolute Gasteiger partial charge is 0.178 e. The quantitative estimate of drug-likeness (QED) is 0.748. The molecule has 2 nitrogen and oxygen atoms in total. The molecule has 1 aromatic carbocycles. The minimum atomic E-state index is -3.17. The van der Waals surface area contributed by atoms with Crippen molar-refractivity contribution in [1.82, 2.24) is 0 Å². The summed E-state index contributed by atoms with van der Waals surface area (Å²) in [5.41, 5.74) is 1.80. The van der Waals surface area contributed by atoms with Gasteiger partial charge in [-0.05, 0) is 49.8 Å². The lowest BCUT2D eigenvalue weighted by atomic mass is 10.1. The van der Waals surface area contributed by atoms with E-state index in [1.54, 1.807) is 6.07 Å². The minimum absolute atomic E-state index is 0.204. The first-order valence-electron chi connectivity index (χ1n) is 6.23. The first-order chi connectivity index (χ1) is 8.36. The topological polar surface area (TPSA) is 34.1 Å². The molecular weight excluding hydrogens is 268 g/mol. The van der Waals surface area contributed by atoms with E-state index < -0.39 is 9.84 Å². The van der Waals surface area contributed by atoms with Crippen molar-refractivity contribution in [3.63, 3.8) is 0 Å². The van der Waals surface area contributed by atoms with Gasteiger partial charge in [-0.15, -0.1) is 11.6 Å². The normalized spacial score (nSPS) is 13.6. The van der Waals surface area contributed by atoms with Crippen LogP contribution in [0.4, 0.5) is 0 Å². The van der Waals surface area contributed by atoms with Gasteiger partial charge in [-0.25, -0.2) is 8.42 Å². The van der Waals surface area contributed by atoms with Crippen LogP contribution in [0.3, 0.4) is 0 Å². The van der Waals surface area contributed by atoms with Crippen LogP contribution in [0.2, 0.25) is 0 Å². The van der Waals surface area contributed by atoms with E-state index >= 15 is 0 Å². The summed E-state index contributed by atoms with van der Waals surface area (Å²) in [6.45, 7) is 5.80. The molecule has 0 fully saturated rings. The van der Waals surface area contributed by atoms with Crippen molar-refractivity contribution in [3.8, 4) is 0 Å². The Morgan fingerprint density at radius 3 is 2.50 bits per heavy atom. The average Bonchev–Trinajstić information content (AvgIpc) is 2.30. The monoisotopic (exact) mass is 288 g/mol. The Labute approximate surface area is 115 Å². The number of alkyl halides is 1. The fraction of sp³-hybridized carbons (Fsp3) is 0.571. The van der Waals surface area contributed by atoms with Crippen LogP contribution in [-0.2, 0) is 9.84 Å². The van der Waals surface area contributed by atoms with Gasteiger partial charge < -0.3 is 0 Å². The third kappa shape index (κ3) is 4.29. The Hall–Kier alpha value is -0.540. The Bertz CT molecular complexity index is 495. The van der Waals surface area contributed by atoms with Crippen LogP contribution in [0.25, 0.3) is 0 Å². The zero-order chi connectivity index (χ0) is 13.8. The highest BCUT2D eigenvalue weighted by Gasteiger charge is 2.18. The number of halogens is 1. The van der Waals surface area contributed by atoms with Crippen LogP contribution < -0.4 is 0 Å². The number of aryl methyl sites for hydroxylation is 2. The van der Waals surface area contributed by atoms with E-state index in [-0.39, 0.29) is 5.75 Å². The van der Waals surface area contributed by atoms with Gasteiger partial charge in [-0.2, -0.15) is 0 Å². The third-order valence-corrected chi connectivity index (χ3v) is 5.26. The molecular formula is C14H21ClO2S. The molecule has 1 unspecified atom stereocenters. The predicted octanol–water partition coefficient (Wildman–Crippen LogP) is 3.73. The van der Waals surface area contributed by atoms with Crippen molar-refractivity contribution in [3.05, 3.63) is 29.3 Å². The van der Waals surface area contributed by atoms with Crippen LogP contribution >= 0.6 is 11.6 Å². The molecule has 0 radical (unpaired) electrons. The van der Waals surface area contributed by atoms with Crippen molar-refractivity contribution in [2.24, 2.45) is 5.92 Å². The SMILES string of the molecule is Cc1ccc(C)c(S(=O)(=O)CCC(C)CCCl)c1. The summed E-state index contributed by atoms with van der Waals surface area (Å²) in [4.78, 5) is 0.473. The Balaban J connectivity index is 2.83. The van der Waals surface area contributed by atoms with Crippen molar-refractivity contribution in [2.45, 2.75) is 38.5 Å². The molecule has 0 aliphatic rings. The molecule has 0 amide bonds. The number of rotatable bonds is 6. The van der Waals surface area contributed by atoms with E-state index in [4.69, 9.17) is 11.6 Å². The van der Waals surface area contributed by atoms with E-state index in [1.807, 2.05) is 32.9 Å². The fourth-order valence-corrected chi connectivity index (χ4v) is 4.07. The van der Waals surface area contributed by atoms with Gasteiger partial charge in [0.25, 0.3) is 0 Å². The van der Waals surface area contributed by atoms with Gasteiger partial charge in [0, 0.05) is 5.88 Å². The molecule has 0 saturated heterocycles. The molecule has 1 aromatic rings. The molecule has 0 N–H and O–H groups in total. The maximum Gasteiger partial charge on any atom is 0.178 e. The van der Waals surface area contributed by atoms with Gasteiger partial charge in [0.15, 0.2) is 9.84 Å². The van der Waals surface area contributed by atoms with Gasteiger partial charge in [0.2, 0.25) is 0 Å². The summed E-state index contributed by atoms with van der Waals surface area (Å²) in [5.74, 6) is 1.14. The maximum absolute atomic E-state index is 12.3. The first kappa shape index (κ1) is 15.5. The molecule has 0 heterocycles. The van der Waals surface area contributed by atoms with Crippen LogP contribution in [0.1, 0.15) is 30.9 Å². The molecule has 18 heavy (non-hydrogen) atoms. The van der Waals surface area contributed by atoms with Gasteiger partial charge in [0.05, 0.1) is 10.6 Å². The Kier molecular flexibility index (Phi) is 5.67. The predicted molar refractivity (Wildman–Crippen MR) is 77.1 cm³/mol. The highest BCUT2D eigenvalue weighted by atomic mass is 35.5. The molecule has 0 aliphatic heterocycles. The Morgan fingerprint density at radius 2 is 1.89 bits per heavy atom. The second-order valence-electron chi connectivity index (χ2n) is 4.96. The van der Waals surface area contributed by atoms with Crippen molar-refractivity contribution < 1.29 is 8.42 Å². The summed E-state index contributed by atoms with van der Waals surface area (Å²) >= 11 is 5.66. The molecule has 0 aliphatic carbocycles. The number of sulfone groups is 1. The minimum Gasteiger partial charge on any atom is -0.224 e.